The van der Waals surface area contributed by atoms with Crippen LogP contribution in [0.5, 0.6) is 0 Å². The lowest BCUT2D eigenvalue weighted by atomic mass is 10.1. The Morgan fingerprint density at radius 3 is 2.93 bits per heavy atom. The van der Waals surface area contributed by atoms with Gasteiger partial charge in [-0.15, -0.1) is 0 Å². The molecule has 0 aromatic carbocycles. The van der Waals surface area contributed by atoms with Crippen molar-refractivity contribution >= 4 is 11.5 Å². The Morgan fingerprint density at radius 1 is 1.40 bits per heavy atom. The molecule has 2 N–H and O–H groups in total. The quantitative estimate of drug-likeness (QED) is 0.792. The summed E-state index contributed by atoms with van der Waals surface area (Å²) in [6.07, 6.45) is 3.97. The zero-order valence-electron chi connectivity index (χ0n) is 8.99. The van der Waals surface area contributed by atoms with E-state index in [0.717, 1.165) is 37.6 Å². The van der Waals surface area contributed by atoms with E-state index >= 15 is 0 Å². The molecule has 1 saturated heterocycles. The molecule has 0 spiro atoms. The Kier molecular flexibility index (Phi) is 3.40. The number of aromatic nitrogens is 1. The van der Waals surface area contributed by atoms with E-state index in [1.807, 2.05) is 25.4 Å². The molecule has 2 rings (SSSR count). The highest BCUT2D eigenvalue weighted by atomic mass is 16.5. The van der Waals surface area contributed by atoms with Crippen molar-refractivity contribution < 1.29 is 4.74 Å². The molecule has 1 aliphatic heterocycles. The lowest BCUT2D eigenvalue weighted by Gasteiger charge is -2.24. The minimum Gasteiger partial charge on any atom is -0.382 e. The molecule has 0 aliphatic carbocycles. The minimum absolute atomic E-state index is 0.533. The second-order valence-electron chi connectivity index (χ2n) is 3.71. The lowest BCUT2D eigenvalue weighted by Crippen LogP contribution is -2.27. The average Bonchev–Trinajstić information content (AvgIpc) is 2.31. The first kappa shape index (κ1) is 10.2. The van der Waals surface area contributed by atoms with E-state index < -0.39 is 0 Å². The second-order valence-corrected chi connectivity index (χ2v) is 3.71. The third-order valence-corrected chi connectivity index (χ3v) is 2.61. The van der Waals surface area contributed by atoms with Crippen molar-refractivity contribution in [2.24, 2.45) is 0 Å². The molecule has 0 unspecified atom stereocenters. The number of nitrogens with zero attached hydrogens (tertiary/aromatic N) is 1. The summed E-state index contributed by atoms with van der Waals surface area (Å²) in [6.45, 7) is 1.73. The lowest BCUT2D eigenvalue weighted by molar-refractivity contribution is 0.0904. The number of anilines is 2. The zero-order valence-corrected chi connectivity index (χ0v) is 8.99. The molecule has 0 saturated carbocycles. The zero-order chi connectivity index (χ0) is 10.5. The number of ether oxygens (including phenoxy) is 1. The number of nitrogens with one attached hydrogen (secondary N) is 2. The SMILES string of the molecule is CNc1cc(NC2CCOCC2)ccn1. The van der Waals surface area contributed by atoms with Crippen LogP contribution < -0.4 is 10.6 Å². The van der Waals surface area contributed by atoms with E-state index in [1.165, 1.54) is 0 Å². The Labute approximate surface area is 90.0 Å². The van der Waals surface area contributed by atoms with Crippen molar-refractivity contribution in [1.29, 1.82) is 0 Å². The second kappa shape index (κ2) is 4.98. The molecular weight excluding hydrogens is 190 g/mol. The molecule has 82 valence electrons. The fourth-order valence-electron chi connectivity index (χ4n) is 1.73. The van der Waals surface area contributed by atoms with Crippen LogP contribution in [0.4, 0.5) is 11.5 Å². The standard InChI is InChI=1S/C11H17N3O/c1-12-11-8-10(2-5-13-11)14-9-3-6-15-7-4-9/h2,5,8-9H,3-4,6-7H2,1H3,(H2,12,13,14). The van der Waals surface area contributed by atoms with Crippen molar-refractivity contribution in [2.45, 2.75) is 18.9 Å². The highest BCUT2D eigenvalue weighted by molar-refractivity contribution is 5.52. The molecule has 0 bridgehead atoms. The van der Waals surface area contributed by atoms with Crippen LogP contribution >= 0.6 is 0 Å². The molecule has 1 aromatic heterocycles. The summed E-state index contributed by atoms with van der Waals surface area (Å²) in [5.74, 6) is 0.895. The highest BCUT2D eigenvalue weighted by Gasteiger charge is 2.13. The molecule has 1 aromatic rings. The van der Waals surface area contributed by atoms with Crippen LogP contribution in [0.15, 0.2) is 18.3 Å². The van der Waals surface area contributed by atoms with E-state index in [0.29, 0.717) is 6.04 Å². The Balaban J connectivity index is 1.96. The predicted molar refractivity (Wildman–Crippen MR) is 61.2 cm³/mol. The molecule has 1 aliphatic rings. The first-order chi connectivity index (χ1) is 7.38. The number of pyridine rings is 1. The van der Waals surface area contributed by atoms with Gasteiger partial charge in [0.05, 0.1) is 0 Å². The molecule has 0 atom stereocenters. The number of rotatable bonds is 3. The van der Waals surface area contributed by atoms with Crippen LogP contribution in [0.3, 0.4) is 0 Å². The van der Waals surface area contributed by atoms with Crippen molar-refractivity contribution in [2.75, 3.05) is 30.9 Å². The first-order valence-electron chi connectivity index (χ1n) is 5.36. The molecule has 0 radical (unpaired) electrons. The smallest absolute Gasteiger partial charge is 0.127 e. The highest BCUT2D eigenvalue weighted by Crippen LogP contribution is 2.16. The summed E-state index contributed by atoms with van der Waals surface area (Å²) < 4.78 is 5.32. The Morgan fingerprint density at radius 2 is 2.20 bits per heavy atom. The van der Waals surface area contributed by atoms with Gasteiger partial charge in [0.25, 0.3) is 0 Å². The van der Waals surface area contributed by atoms with Crippen LogP contribution in [0.25, 0.3) is 0 Å². The molecule has 4 nitrogen and oxygen atoms in total. The van der Waals surface area contributed by atoms with Crippen molar-refractivity contribution in [3.8, 4) is 0 Å². The van der Waals surface area contributed by atoms with Crippen molar-refractivity contribution in [3.05, 3.63) is 18.3 Å². The maximum atomic E-state index is 5.32. The Bertz CT molecular complexity index is 310. The molecule has 4 heteroatoms. The summed E-state index contributed by atoms with van der Waals surface area (Å²) in [5.41, 5.74) is 1.13. The van der Waals surface area contributed by atoms with Gasteiger partial charge in [0, 0.05) is 44.3 Å². The van der Waals surface area contributed by atoms with Gasteiger partial charge in [-0.2, -0.15) is 0 Å². The number of hydrogen-bond donors (Lipinski definition) is 2. The fourth-order valence-corrected chi connectivity index (χ4v) is 1.73. The molecular formula is C11H17N3O. The van der Waals surface area contributed by atoms with Gasteiger partial charge in [-0.3, -0.25) is 0 Å². The van der Waals surface area contributed by atoms with Gasteiger partial charge in [0.2, 0.25) is 0 Å². The largest absolute Gasteiger partial charge is 0.382 e. The summed E-state index contributed by atoms with van der Waals surface area (Å²) in [7, 11) is 1.88. The van der Waals surface area contributed by atoms with E-state index in [4.69, 9.17) is 4.74 Å². The Hall–Kier alpha value is -1.29. The summed E-state index contributed by atoms with van der Waals surface area (Å²) in [5, 5.41) is 6.52. The maximum Gasteiger partial charge on any atom is 0.127 e. The van der Waals surface area contributed by atoms with Crippen LogP contribution in [0, 0.1) is 0 Å². The van der Waals surface area contributed by atoms with Gasteiger partial charge < -0.3 is 15.4 Å². The van der Waals surface area contributed by atoms with E-state index in [1.54, 1.807) is 0 Å². The monoisotopic (exact) mass is 207 g/mol. The molecule has 2 heterocycles. The third-order valence-electron chi connectivity index (χ3n) is 2.61. The van der Waals surface area contributed by atoms with Crippen molar-refractivity contribution in [1.82, 2.24) is 4.98 Å². The molecule has 0 amide bonds. The normalized spacial score (nSPS) is 17.4. The van der Waals surface area contributed by atoms with Gasteiger partial charge in [0.15, 0.2) is 0 Å². The van der Waals surface area contributed by atoms with Gasteiger partial charge in [0.1, 0.15) is 5.82 Å². The molecule has 1 fully saturated rings. The predicted octanol–water partition coefficient (Wildman–Crippen LogP) is 1.71. The van der Waals surface area contributed by atoms with Gasteiger partial charge in [-0.25, -0.2) is 4.98 Å². The van der Waals surface area contributed by atoms with Crippen molar-refractivity contribution in [3.63, 3.8) is 0 Å². The topological polar surface area (TPSA) is 46.2 Å². The average molecular weight is 207 g/mol. The van der Waals surface area contributed by atoms with E-state index in [9.17, 15) is 0 Å². The summed E-state index contributed by atoms with van der Waals surface area (Å²) >= 11 is 0. The van der Waals surface area contributed by atoms with Gasteiger partial charge in [-0.05, 0) is 18.9 Å². The van der Waals surface area contributed by atoms with Crippen LogP contribution in [0.2, 0.25) is 0 Å². The van der Waals surface area contributed by atoms with Crippen LogP contribution in [-0.2, 0) is 4.74 Å². The fraction of sp³-hybridized carbons (Fsp3) is 0.545. The van der Waals surface area contributed by atoms with Crippen LogP contribution in [0.1, 0.15) is 12.8 Å². The minimum atomic E-state index is 0.533. The van der Waals surface area contributed by atoms with Gasteiger partial charge in [-0.1, -0.05) is 0 Å². The van der Waals surface area contributed by atoms with E-state index in [2.05, 4.69) is 15.6 Å². The van der Waals surface area contributed by atoms with E-state index in [-0.39, 0.29) is 0 Å². The maximum absolute atomic E-state index is 5.32. The third kappa shape index (κ3) is 2.83. The number of hydrogen-bond acceptors (Lipinski definition) is 4. The van der Waals surface area contributed by atoms with Crippen LogP contribution in [-0.4, -0.2) is 31.3 Å². The first-order valence-corrected chi connectivity index (χ1v) is 5.36. The summed E-state index contributed by atoms with van der Waals surface area (Å²) in [4.78, 5) is 4.18. The van der Waals surface area contributed by atoms with Gasteiger partial charge >= 0.3 is 0 Å². The summed E-state index contributed by atoms with van der Waals surface area (Å²) in [6, 6.07) is 4.55. The molecule has 15 heavy (non-hydrogen) atoms.